The third-order valence-electron chi connectivity index (χ3n) is 3.33. The fraction of sp³-hybridized carbons (Fsp3) is 0.533. The Morgan fingerprint density at radius 3 is 2.44 bits per heavy atom. The number of amides is 1. The van der Waals surface area contributed by atoms with Crippen LogP contribution < -0.4 is 0 Å². The Hall–Kier alpha value is -1.35. The van der Waals surface area contributed by atoms with Gasteiger partial charge in [-0.1, -0.05) is 38.1 Å². The van der Waals surface area contributed by atoms with Gasteiger partial charge in [-0.25, -0.2) is 0 Å². The molecule has 0 aliphatic rings. The Morgan fingerprint density at radius 1 is 1.33 bits per heavy atom. The molecule has 1 unspecified atom stereocenters. The quantitative estimate of drug-likeness (QED) is 0.841. The zero-order valence-corrected chi connectivity index (χ0v) is 11.5. The smallest absolute Gasteiger partial charge is 0.224 e. The van der Waals surface area contributed by atoms with Crippen LogP contribution >= 0.6 is 0 Å². The number of nitrogens with zero attached hydrogens (tertiary/aromatic N) is 1. The summed E-state index contributed by atoms with van der Waals surface area (Å²) in [4.78, 5) is 13.2. The number of carbonyl (C=O) groups is 1. The third-order valence-corrected chi connectivity index (χ3v) is 3.33. The van der Waals surface area contributed by atoms with Crippen molar-refractivity contribution in [2.45, 2.75) is 39.2 Å². The van der Waals surface area contributed by atoms with Crippen molar-refractivity contribution in [3.63, 3.8) is 0 Å². The third kappa shape index (κ3) is 4.15. The Bertz CT molecular complexity index is 373. The highest BCUT2D eigenvalue weighted by Gasteiger charge is 2.08. The second-order valence-corrected chi connectivity index (χ2v) is 4.77. The number of rotatable bonds is 6. The van der Waals surface area contributed by atoms with Gasteiger partial charge in [-0.3, -0.25) is 4.79 Å². The number of carbonyl (C=O) groups excluding carboxylic acids is 1. The highest BCUT2D eigenvalue weighted by molar-refractivity contribution is 5.75. The maximum Gasteiger partial charge on any atom is 0.224 e. The van der Waals surface area contributed by atoms with E-state index in [0.717, 1.165) is 12.0 Å². The molecule has 1 N–H and O–H groups in total. The van der Waals surface area contributed by atoms with E-state index in [2.05, 4.69) is 38.1 Å². The molecule has 0 radical (unpaired) electrons. The molecule has 1 aromatic carbocycles. The Balaban J connectivity index is 2.60. The monoisotopic (exact) mass is 249 g/mol. The summed E-state index contributed by atoms with van der Waals surface area (Å²) in [6.07, 6.45) is 1.33. The maximum absolute atomic E-state index is 11.5. The van der Waals surface area contributed by atoms with Crippen molar-refractivity contribution < 1.29 is 9.90 Å². The molecule has 0 aromatic heterocycles. The van der Waals surface area contributed by atoms with Crippen LogP contribution in [0.15, 0.2) is 24.3 Å². The molecule has 18 heavy (non-hydrogen) atoms. The van der Waals surface area contributed by atoms with E-state index in [1.165, 1.54) is 5.56 Å². The average molecular weight is 249 g/mol. The summed E-state index contributed by atoms with van der Waals surface area (Å²) >= 11 is 0. The Kier molecular flexibility index (Phi) is 5.86. The highest BCUT2D eigenvalue weighted by atomic mass is 16.3. The minimum Gasteiger partial charge on any atom is -0.396 e. The molecular formula is C15H23NO2. The maximum atomic E-state index is 11.5. The van der Waals surface area contributed by atoms with E-state index < -0.39 is 0 Å². The summed E-state index contributed by atoms with van der Waals surface area (Å²) in [7, 11) is 1.76. The lowest BCUT2D eigenvalue weighted by atomic mass is 9.97. The molecule has 0 saturated heterocycles. The fourth-order valence-corrected chi connectivity index (χ4v) is 1.84. The molecule has 1 amide bonds. The molecule has 0 heterocycles. The molecule has 0 aliphatic carbocycles. The number of hydrogen-bond acceptors (Lipinski definition) is 2. The van der Waals surface area contributed by atoms with E-state index in [1.807, 2.05) is 0 Å². The summed E-state index contributed by atoms with van der Waals surface area (Å²) in [5, 5.41) is 8.73. The van der Waals surface area contributed by atoms with Gasteiger partial charge in [-0.2, -0.15) is 0 Å². The minimum atomic E-state index is -0.0872. The van der Waals surface area contributed by atoms with Crippen molar-refractivity contribution in [3.8, 4) is 0 Å². The molecule has 100 valence electrons. The molecule has 3 heteroatoms. The second-order valence-electron chi connectivity index (χ2n) is 4.77. The summed E-state index contributed by atoms with van der Waals surface area (Å²) in [5.41, 5.74) is 2.46. The highest BCUT2D eigenvalue weighted by Crippen LogP contribution is 2.19. The number of benzene rings is 1. The van der Waals surface area contributed by atoms with E-state index in [-0.39, 0.29) is 18.9 Å². The Morgan fingerprint density at radius 2 is 1.94 bits per heavy atom. The van der Waals surface area contributed by atoms with Crippen LogP contribution in [0.5, 0.6) is 0 Å². The Labute approximate surface area is 109 Å². The fourth-order valence-electron chi connectivity index (χ4n) is 1.84. The van der Waals surface area contributed by atoms with Crippen LogP contribution in [-0.2, 0) is 11.3 Å². The molecule has 0 fully saturated rings. The second kappa shape index (κ2) is 7.17. The summed E-state index contributed by atoms with van der Waals surface area (Å²) < 4.78 is 0. The average Bonchev–Trinajstić information content (AvgIpc) is 2.39. The lowest BCUT2D eigenvalue weighted by Crippen LogP contribution is -2.26. The molecule has 1 rings (SSSR count). The van der Waals surface area contributed by atoms with Crippen molar-refractivity contribution in [2.24, 2.45) is 0 Å². The van der Waals surface area contributed by atoms with Gasteiger partial charge in [0.25, 0.3) is 0 Å². The molecule has 1 aromatic rings. The predicted molar refractivity (Wildman–Crippen MR) is 73.3 cm³/mol. The van der Waals surface area contributed by atoms with Gasteiger partial charge >= 0.3 is 0 Å². The zero-order chi connectivity index (χ0) is 13.5. The van der Waals surface area contributed by atoms with Gasteiger partial charge in [0.2, 0.25) is 5.91 Å². The van der Waals surface area contributed by atoms with E-state index in [4.69, 9.17) is 5.11 Å². The zero-order valence-electron chi connectivity index (χ0n) is 11.5. The minimum absolute atomic E-state index is 0.0245. The van der Waals surface area contributed by atoms with E-state index >= 15 is 0 Å². The number of aliphatic hydroxyl groups excluding tert-OH is 1. The molecule has 3 nitrogen and oxygen atoms in total. The molecule has 1 atom stereocenters. The van der Waals surface area contributed by atoms with Crippen LogP contribution in [0, 0.1) is 0 Å². The van der Waals surface area contributed by atoms with Gasteiger partial charge in [0.05, 0.1) is 6.61 Å². The first kappa shape index (κ1) is 14.7. The molecule has 0 spiro atoms. The van der Waals surface area contributed by atoms with Crippen LogP contribution in [0.2, 0.25) is 0 Å². The van der Waals surface area contributed by atoms with Crippen LogP contribution in [0.4, 0.5) is 0 Å². The largest absolute Gasteiger partial charge is 0.396 e. The van der Waals surface area contributed by atoms with Crippen LogP contribution in [-0.4, -0.2) is 29.6 Å². The SMILES string of the molecule is CCC(C)c1ccc(CN(C)C(=O)CCO)cc1. The molecular weight excluding hydrogens is 226 g/mol. The van der Waals surface area contributed by atoms with Gasteiger partial charge in [-0.05, 0) is 23.5 Å². The van der Waals surface area contributed by atoms with Crippen molar-refractivity contribution in [2.75, 3.05) is 13.7 Å². The molecule has 0 saturated carbocycles. The summed E-state index contributed by atoms with van der Waals surface area (Å²) in [5.74, 6) is 0.552. The standard InChI is InChI=1S/C15H23NO2/c1-4-12(2)14-7-5-13(6-8-14)11-16(3)15(18)9-10-17/h5-8,12,17H,4,9-11H2,1-3H3. The first-order chi connectivity index (χ1) is 8.58. The van der Waals surface area contributed by atoms with Crippen molar-refractivity contribution in [1.82, 2.24) is 4.90 Å². The predicted octanol–water partition coefficient (Wildman–Crippen LogP) is 2.54. The van der Waals surface area contributed by atoms with Crippen molar-refractivity contribution in [3.05, 3.63) is 35.4 Å². The van der Waals surface area contributed by atoms with Gasteiger partial charge in [0.1, 0.15) is 0 Å². The normalized spacial score (nSPS) is 12.2. The van der Waals surface area contributed by atoms with Gasteiger partial charge in [0, 0.05) is 20.0 Å². The van der Waals surface area contributed by atoms with E-state index in [0.29, 0.717) is 12.5 Å². The molecule has 0 bridgehead atoms. The molecule has 0 aliphatic heterocycles. The van der Waals surface area contributed by atoms with Crippen molar-refractivity contribution in [1.29, 1.82) is 0 Å². The van der Waals surface area contributed by atoms with Crippen LogP contribution in [0.25, 0.3) is 0 Å². The lowest BCUT2D eigenvalue weighted by Gasteiger charge is -2.17. The lowest BCUT2D eigenvalue weighted by molar-refractivity contribution is -0.131. The van der Waals surface area contributed by atoms with Crippen LogP contribution in [0.3, 0.4) is 0 Å². The topological polar surface area (TPSA) is 40.5 Å². The summed E-state index contributed by atoms with van der Waals surface area (Å²) in [6, 6.07) is 8.41. The first-order valence-corrected chi connectivity index (χ1v) is 6.52. The van der Waals surface area contributed by atoms with Crippen LogP contribution in [0.1, 0.15) is 43.7 Å². The number of aliphatic hydroxyl groups is 1. The first-order valence-electron chi connectivity index (χ1n) is 6.52. The van der Waals surface area contributed by atoms with Crippen molar-refractivity contribution >= 4 is 5.91 Å². The van der Waals surface area contributed by atoms with Gasteiger partial charge < -0.3 is 10.0 Å². The van der Waals surface area contributed by atoms with E-state index in [1.54, 1.807) is 11.9 Å². The summed E-state index contributed by atoms with van der Waals surface area (Å²) in [6.45, 7) is 4.90. The van der Waals surface area contributed by atoms with Gasteiger partial charge in [0.15, 0.2) is 0 Å². The number of hydrogen-bond donors (Lipinski definition) is 1. The van der Waals surface area contributed by atoms with Gasteiger partial charge in [-0.15, -0.1) is 0 Å². The van der Waals surface area contributed by atoms with E-state index in [9.17, 15) is 4.79 Å².